The lowest BCUT2D eigenvalue weighted by molar-refractivity contribution is 0.0921. The van der Waals surface area contributed by atoms with Crippen molar-refractivity contribution in [3.05, 3.63) is 65.4 Å². The molecule has 0 atom stereocenters. The number of furan rings is 1. The third-order valence-electron chi connectivity index (χ3n) is 3.77. The van der Waals surface area contributed by atoms with Crippen molar-refractivity contribution in [2.75, 3.05) is 13.2 Å². The van der Waals surface area contributed by atoms with E-state index in [-0.39, 0.29) is 16.7 Å². The SMILES string of the molecule is Cc1ccc2oc(C(=O)NCCOc3ccc(C(=S)NO)cc3)cc2c1. The minimum atomic E-state index is -0.280. The summed E-state index contributed by atoms with van der Waals surface area (Å²) in [5.74, 6) is 0.639. The van der Waals surface area contributed by atoms with Crippen LogP contribution in [-0.4, -0.2) is 29.3 Å². The summed E-state index contributed by atoms with van der Waals surface area (Å²) in [5.41, 5.74) is 4.41. The number of rotatable bonds is 6. The van der Waals surface area contributed by atoms with Gasteiger partial charge in [-0.1, -0.05) is 23.8 Å². The van der Waals surface area contributed by atoms with E-state index in [1.54, 1.807) is 30.3 Å². The van der Waals surface area contributed by atoms with Gasteiger partial charge < -0.3 is 14.5 Å². The molecule has 6 nitrogen and oxygen atoms in total. The van der Waals surface area contributed by atoms with E-state index in [9.17, 15) is 4.79 Å². The van der Waals surface area contributed by atoms with Gasteiger partial charge in [0.1, 0.15) is 22.9 Å². The van der Waals surface area contributed by atoms with Crippen LogP contribution < -0.4 is 15.5 Å². The first kappa shape index (κ1) is 17.9. The molecule has 0 saturated heterocycles. The Labute approximate surface area is 155 Å². The number of carbonyl (C=O) groups is 1. The molecule has 3 rings (SSSR count). The minimum Gasteiger partial charge on any atom is -0.492 e. The van der Waals surface area contributed by atoms with Gasteiger partial charge in [0, 0.05) is 10.9 Å². The van der Waals surface area contributed by atoms with Crippen molar-refractivity contribution in [3.8, 4) is 5.75 Å². The van der Waals surface area contributed by atoms with Crippen LogP contribution in [0.3, 0.4) is 0 Å². The van der Waals surface area contributed by atoms with Crippen LogP contribution in [0.15, 0.2) is 52.9 Å². The van der Waals surface area contributed by atoms with Crippen LogP contribution >= 0.6 is 12.2 Å². The number of nitrogens with one attached hydrogen (secondary N) is 2. The Kier molecular flexibility index (Phi) is 5.50. The zero-order chi connectivity index (χ0) is 18.5. The lowest BCUT2D eigenvalue weighted by Crippen LogP contribution is -2.27. The summed E-state index contributed by atoms with van der Waals surface area (Å²) in [7, 11) is 0. The van der Waals surface area contributed by atoms with Gasteiger partial charge in [0.2, 0.25) is 0 Å². The van der Waals surface area contributed by atoms with Crippen LogP contribution in [-0.2, 0) is 0 Å². The Hall–Kier alpha value is -2.90. The molecule has 0 bridgehead atoms. The summed E-state index contributed by atoms with van der Waals surface area (Å²) in [6, 6.07) is 14.4. The van der Waals surface area contributed by atoms with Crippen LogP contribution in [0.2, 0.25) is 0 Å². The van der Waals surface area contributed by atoms with Crippen molar-refractivity contribution in [1.82, 2.24) is 10.8 Å². The van der Waals surface area contributed by atoms with Crippen molar-refractivity contribution in [1.29, 1.82) is 0 Å². The van der Waals surface area contributed by atoms with Crippen molar-refractivity contribution >= 4 is 34.1 Å². The Balaban J connectivity index is 1.49. The van der Waals surface area contributed by atoms with Gasteiger partial charge in [-0.25, -0.2) is 0 Å². The molecule has 2 aromatic carbocycles. The first-order chi connectivity index (χ1) is 12.6. The van der Waals surface area contributed by atoms with Crippen LogP contribution in [0.25, 0.3) is 11.0 Å². The first-order valence-electron chi connectivity index (χ1n) is 8.02. The quantitative estimate of drug-likeness (QED) is 0.351. The molecule has 1 amide bonds. The van der Waals surface area contributed by atoms with E-state index in [0.29, 0.717) is 30.0 Å². The predicted octanol–water partition coefficient (Wildman–Crippen LogP) is 3.20. The van der Waals surface area contributed by atoms with E-state index < -0.39 is 0 Å². The molecule has 0 saturated carbocycles. The highest BCUT2D eigenvalue weighted by molar-refractivity contribution is 7.80. The summed E-state index contributed by atoms with van der Waals surface area (Å²) in [6.45, 7) is 2.64. The normalized spacial score (nSPS) is 10.5. The molecular weight excluding hydrogens is 352 g/mol. The molecule has 0 aliphatic rings. The smallest absolute Gasteiger partial charge is 0.287 e. The van der Waals surface area contributed by atoms with E-state index in [2.05, 4.69) is 5.32 Å². The number of amides is 1. The Morgan fingerprint density at radius 3 is 2.69 bits per heavy atom. The van der Waals surface area contributed by atoms with Gasteiger partial charge >= 0.3 is 0 Å². The third kappa shape index (κ3) is 4.19. The van der Waals surface area contributed by atoms with Crippen molar-refractivity contribution in [3.63, 3.8) is 0 Å². The molecule has 1 aromatic heterocycles. The summed E-state index contributed by atoms with van der Waals surface area (Å²) in [6.07, 6.45) is 0. The fraction of sp³-hybridized carbons (Fsp3) is 0.158. The second-order valence-corrected chi connectivity index (χ2v) is 6.13. The maximum absolute atomic E-state index is 12.2. The summed E-state index contributed by atoms with van der Waals surface area (Å²) >= 11 is 4.92. The first-order valence-corrected chi connectivity index (χ1v) is 8.43. The Bertz CT molecular complexity index is 934. The number of hydrogen-bond donors (Lipinski definition) is 3. The maximum Gasteiger partial charge on any atom is 0.287 e. The molecule has 0 aliphatic carbocycles. The highest BCUT2D eigenvalue weighted by Crippen LogP contribution is 2.20. The van der Waals surface area contributed by atoms with Gasteiger partial charge in [0.25, 0.3) is 5.91 Å². The molecule has 3 aromatic rings. The highest BCUT2D eigenvalue weighted by atomic mass is 32.1. The molecule has 1 heterocycles. The fourth-order valence-corrected chi connectivity index (χ4v) is 2.60. The number of benzene rings is 2. The number of aryl methyl sites for hydroxylation is 1. The zero-order valence-electron chi connectivity index (χ0n) is 14.1. The molecule has 0 unspecified atom stereocenters. The molecule has 26 heavy (non-hydrogen) atoms. The summed E-state index contributed by atoms with van der Waals surface area (Å²) in [5, 5.41) is 12.4. The topological polar surface area (TPSA) is 83.7 Å². The van der Waals surface area contributed by atoms with E-state index >= 15 is 0 Å². The van der Waals surface area contributed by atoms with Gasteiger partial charge in [-0.2, -0.15) is 0 Å². The van der Waals surface area contributed by atoms with E-state index in [4.69, 9.17) is 26.6 Å². The fourth-order valence-electron chi connectivity index (χ4n) is 2.46. The number of thiocarbonyl (C=S) groups is 1. The molecule has 0 aliphatic heterocycles. The third-order valence-corrected chi connectivity index (χ3v) is 4.10. The summed E-state index contributed by atoms with van der Waals surface area (Å²) in [4.78, 5) is 12.4. The van der Waals surface area contributed by atoms with Gasteiger partial charge in [-0.3, -0.25) is 15.5 Å². The average molecular weight is 370 g/mol. The number of hydrogen-bond acceptors (Lipinski definition) is 5. The van der Waals surface area contributed by atoms with E-state index in [1.165, 1.54) is 0 Å². The molecule has 0 fully saturated rings. The van der Waals surface area contributed by atoms with Crippen molar-refractivity contribution < 1.29 is 19.2 Å². The van der Waals surface area contributed by atoms with Crippen LogP contribution in [0.5, 0.6) is 5.75 Å². The van der Waals surface area contributed by atoms with Gasteiger partial charge in [0.05, 0.1) is 6.54 Å². The maximum atomic E-state index is 12.2. The monoisotopic (exact) mass is 370 g/mol. The lowest BCUT2D eigenvalue weighted by Gasteiger charge is -2.08. The lowest BCUT2D eigenvalue weighted by atomic mass is 10.2. The van der Waals surface area contributed by atoms with E-state index in [0.717, 1.165) is 10.9 Å². The van der Waals surface area contributed by atoms with Crippen molar-refractivity contribution in [2.45, 2.75) is 6.92 Å². The summed E-state index contributed by atoms with van der Waals surface area (Å²) < 4.78 is 11.1. The van der Waals surface area contributed by atoms with Crippen LogP contribution in [0.4, 0.5) is 0 Å². The largest absolute Gasteiger partial charge is 0.492 e. The zero-order valence-corrected chi connectivity index (χ0v) is 14.9. The number of carbonyl (C=O) groups excluding carboxylic acids is 1. The number of fused-ring (bicyclic) bond motifs is 1. The van der Waals surface area contributed by atoms with E-state index in [1.807, 2.05) is 30.6 Å². The second-order valence-electron chi connectivity index (χ2n) is 5.72. The second kappa shape index (κ2) is 7.99. The minimum absolute atomic E-state index is 0.241. The Morgan fingerprint density at radius 1 is 1.19 bits per heavy atom. The molecule has 7 heteroatoms. The van der Waals surface area contributed by atoms with Crippen LogP contribution in [0, 0.1) is 6.92 Å². The number of ether oxygens (including phenoxy) is 1. The Morgan fingerprint density at radius 2 is 1.96 bits per heavy atom. The van der Waals surface area contributed by atoms with Crippen LogP contribution in [0.1, 0.15) is 21.7 Å². The highest BCUT2D eigenvalue weighted by Gasteiger charge is 2.11. The van der Waals surface area contributed by atoms with Gasteiger partial charge in [-0.15, -0.1) is 0 Å². The standard InChI is InChI=1S/C19H18N2O4S/c1-12-2-7-16-14(10-12)11-17(25-16)18(22)20-8-9-24-15-5-3-13(4-6-15)19(26)21-23/h2-7,10-11,23H,8-9H2,1H3,(H,20,22)(H,21,26). The predicted molar refractivity (Wildman–Crippen MR) is 102 cm³/mol. The van der Waals surface area contributed by atoms with Gasteiger partial charge in [-0.05, 0) is 49.4 Å². The average Bonchev–Trinajstić information content (AvgIpc) is 3.08. The molecule has 0 spiro atoms. The van der Waals surface area contributed by atoms with Crippen molar-refractivity contribution in [2.24, 2.45) is 0 Å². The number of hydroxylamine groups is 1. The molecule has 134 valence electrons. The molecular formula is C19H18N2O4S. The molecule has 3 N–H and O–H groups in total. The van der Waals surface area contributed by atoms with Gasteiger partial charge in [0.15, 0.2) is 5.76 Å². The molecule has 0 radical (unpaired) electrons.